The molecule has 1 aromatic rings. The van der Waals surface area contributed by atoms with Crippen LogP contribution in [0.3, 0.4) is 0 Å². The van der Waals surface area contributed by atoms with Gasteiger partial charge in [-0.15, -0.1) is 0 Å². The monoisotopic (exact) mass is 314 g/mol. The van der Waals surface area contributed by atoms with E-state index in [2.05, 4.69) is 25.8 Å². The third-order valence-corrected chi connectivity index (χ3v) is 4.13. The molecule has 0 aromatic carbocycles. The molecule has 1 atom stereocenters. The Labute approximate surface area is 128 Å². The smallest absolute Gasteiger partial charge is 0.277 e. The molecule has 0 bridgehead atoms. The van der Waals surface area contributed by atoms with Crippen molar-refractivity contribution in [2.75, 3.05) is 6.54 Å². The van der Waals surface area contributed by atoms with Crippen LogP contribution in [0.15, 0.2) is 12.1 Å². The predicted octanol–water partition coefficient (Wildman–Crippen LogP) is 3.42. The van der Waals surface area contributed by atoms with Crippen LogP contribution < -0.4 is 0 Å². The van der Waals surface area contributed by atoms with Crippen molar-refractivity contribution < 1.29 is 9.59 Å². The first-order chi connectivity index (χ1) is 9.20. The number of imide groups is 1. The number of carbonyl (C=O) groups is 2. The Hall–Kier alpha value is -1.13. The van der Waals surface area contributed by atoms with Crippen LogP contribution in [0.4, 0.5) is 0 Å². The average molecular weight is 315 g/mol. The van der Waals surface area contributed by atoms with E-state index in [-0.39, 0.29) is 33.1 Å². The van der Waals surface area contributed by atoms with E-state index in [1.807, 2.05) is 0 Å². The maximum Gasteiger partial charge on any atom is 0.280 e. The zero-order valence-corrected chi connectivity index (χ0v) is 13.1. The van der Waals surface area contributed by atoms with Gasteiger partial charge in [0.2, 0.25) is 5.91 Å². The summed E-state index contributed by atoms with van der Waals surface area (Å²) in [6.45, 7) is 6.57. The highest BCUT2D eigenvalue weighted by Crippen LogP contribution is 2.35. The Morgan fingerprint density at radius 2 is 2.00 bits per heavy atom. The highest BCUT2D eigenvalue weighted by molar-refractivity contribution is 6.35. The van der Waals surface area contributed by atoms with Crippen molar-refractivity contribution in [3.63, 3.8) is 0 Å². The molecular formula is C14H16Cl2N2O2. The molecule has 0 aliphatic carbocycles. The summed E-state index contributed by atoms with van der Waals surface area (Å²) in [4.78, 5) is 29.6. The number of pyridine rings is 1. The number of carbonyl (C=O) groups excluding carboxylic acids is 2. The van der Waals surface area contributed by atoms with Crippen molar-refractivity contribution in [3.8, 4) is 0 Å². The van der Waals surface area contributed by atoms with Crippen molar-refractivity contribution in [1.29, 1.82) is 0 Å². The molecule has 1 aromatic heterocycles. The lowest BCUT2D eigenvalue weighted by molar-refractivity contribution is -0.125. The van der Waals surface area contributed by atoms with Crippen molar-refractivity contribution in [1.82, 2.24) is 9.88 Å². The Morgan fingerprint density at radius 1 is 1.35 bits per heavy atom. The highest BCUT2D eigenvalue weighted by Gasteiger charge is 2.40. The second-order valence-corrected chi connectivity index (χ2v) is 6.84. The maximum atomic E-state index is 12.4. The number of hydrogen-bond donors (Lipinski definition) is 0. The standard InChI is InChI=1S/C14H16Cl2N2O2/c1-14(2,3)8-6-11(19)18(7-8)13(20)12-9(15)4-5-10(16)17-12/h4-5,8H,6-7H2,1-3H3. The Balaban J connectivity index is 2.26. The van der Waals surface area contributed by atoms with Gasteiger partial charge < -0.3 is 0 Å². The summed E-state index contributed by atoms with van der Waals surface area (Å²) >= 11 is 11.7. The van der Waals surface area contributed by atoms with Crippen LogP contribution in [-0.4, -0.2) is 28.2 Å². The van der Waals surface area contributed by atoms with Crippen LogP contribution in [0.25, 0.3) is 0 Å². The minimum Gasteiger partial charge on any atom is -0.277 e. The maximum absolute atomic E-state index is 12.4. The van der Waals surface area contributed by atoms with Gasteiger partial charge in [0.1, 0.15) is 10.8 Å². The molecule has 0 spiro atoms. The molecule has 2 rings (SSSR count). The van der Waals surface area contributed by atoms with Crippen molar-refractivity contribution in [2.45, 2.75) is 27.2 Å². The van der Waals surface area contributed by atoms with Crippen LogP contribution in [-0.2, 0) is 4.79 Å². The topological polar surface area (TPSA) is 50.3 Å². The Bertz CT molecular complexity index is 567. The lowest BCUT2D eigenvalue weighted by Crippen LogP contribution is -2.34. The van der Waals surface area contributed by atoms with Crippen LogP contribution >= 0.6 is 23.2 Å². The molecule has 1 saturated heterocycles. The molecule has 108 valence electrons. The number of hydrogen-bond acceptors (Lipinski definition) is 3. The highest BCUT2D eigenvalue weighted by atomic mass is 35.5. The second kappa shape index (κ2) is 5.34. The SMILES string of the molecule is CC(C)(C)C1CC(=O)N(C(=O)c2nc(Cl)ccc2Cl)C1. The van der Waals surface area contributed by atoms with Gasteiger partial charge in [-0.25, -0.2) is 4.98 Å². The summed E-state index contributed by atoms with van der Waals surface area (Å²) in [5, 5.41) is 0.378. The molecule has 1 aliphatic heterocycles. The minimum absolute atomic E-state index is 0.0297. The summed E-state index contributed by atoms with van der Waals surface area (Å²) in [6.07, 6.45) is 0.368. The van der Waals surface area contributed by atoms with Gasteiger partial charge in [-0.3, -0.25) is 14.5 Å². The largest absolute Gasteiger partial charge is 0.280 e. The van der Waals surface area contributed by atoms with Gasteiger partial charge in [0.15, 0.2) is 0 Å². The Kier molecular flexibility index (Phi) is 4.07. The second-order valence-electron chi connectivity index (χ2n) is 6.04. The molecule has 2 heterocycles. The summed E-state index contributed by atoms with van der Waals surface area (Å²) in [5.41, 5.74) is -0.00180. The first kappa shape index (κ1) is 15.3. The molecular weight excluding hydrogens is 299 g/mol. The zero-order valence-electron chi connectivity index (χ0n) is 11.6. The number of halogens is 2. The summed E-state index contributed by atoms with van der Waals surface area (Å²) < 4.78 is 0. The molecule has 1 fully saturated rings. The molecule has 1 aliphatic rings. The lowest BCUT2D eigenvalue weighted by Gasteiger charge is -2.26. The number of nitrogens with zero attached hydrogens (tertiary/aromatic N) is 2. The zero-order chi connectivity index (χ0) is 15.1. The molecule has 6 heteroatoms. The van der Waals surface area contributed by atoms with E-state index in [0.717, 1.165) is 0 Å². The summed E-state index contributed by atoms with van der Waals surface area (Å²) in [6, 6.07) is 3.01. The van der Waals surface area contributed by atoms with E-state index in [0.29, 0.717) is 13.0 Å². The molecule has 0 radical (unpaired) electrons. The fourth-order valence-electron chi connectivity index (χ4n) is 2.18. The predicted molar refractivity (Wildman–Crippen MR) is 77.9 cm³/mol. The number of likely N-dealkylation sites (tertiary alicyclic amines) is 1. The van der Waals surface area contributed by atoms with E-state index < -0.39 is 5.91 Å². The normalized spacial score (nSPS) is 19.6. The van der Waals surface area contributed by atoms with Crippen LogP contribution in [0.2, 0.25) is 10.2 Å². The first-order valence-corrected chi connectivity index (χ1v) is 7.12. The molecule has 2 amide bonds. The van der Waals surface area contributed by atoms with E-state index in [9.17, 15) is 9.59 Å². The van der Waals surface area contributed by atoms with Gasteiger partial charge in [0.25, 0.3) is 5.91 Å². The molecule has 1 unspecified atom stereocenters. The van der Waals surface area contributed by atoms with Gasteiger partial charge in [-0.1, -0.05) is 44.0 Å². The quantitative estimate of drug-likeness (QED) is 0.589. The van der Waals surface area contributed by atoms with E-state index in [4.69, 9.17) is 23.2 Å². The molecule has 20 heavy (non-hydrogen) atoms. The van der Waals surface area contributed by atoms with E-state index in [1.165, 1.54) is 17.0 Å². The fraction of sp³-hybridized carbons (Fsp3) is 0.500. The van der Waals surface area contributed by atoms with E-state index in [1.54, 1.807) is 0 Å². The van der Waals surface area contributed by atoms with Crippen LogP contribution in [0, 0.1) is 11.3 Å². The lowest BCUT2D eigenvalue weighted by atomic mass is 9.80. The summed E-state index contributed by atoms with van der Waals surface area (Å²) in [7, 11) is 0. The molecule has 4 nitrogen and oxygen atoms in total. The number of rotatable bonds is 1. The Morgan fingerprint density at radius 3 is 2.55 bits per heavy atom. The number of aromatic nitrogens is 1. The third-order valence-electron chi connectivity index (χ3n) is 3.61. The number of amides is 2. The van der Waals surface area contributed by atoms with Crippen LogP contribution in [0.5, 0.6) is 0 Å². The van der Waals surface area contributed by atoms with Gasteiger partial charge in [-0.05, 0) is 23.5 Å². The van der Waals surface area contributed by atoms with Gasteiger partial charge >= 0.3 is 0 Å². The first-order valence-electron chi connectivity index (χ1n) is 6.37. The van der Waals surface area contributed by atoms with Gasteiger partial charge in [0.05, 0.1) is 5.02 Å². The van der Waals surface area contributed by atoms with Crippen molar-refractivity contribution in [3.05, 3.63) is 28.0 Å². The van der Waals surface area contributed by atoms with Gasteiger partial charge in [-0.2, -0.15) is 0 Å². The van der Waals surface area contributed by atoms with Crippen molar-refractivity contribution >= 4 is 35.0 Å². The van der Waals surface area contributed by atoms with Crippen LogP contribution in [0.1, 0.15) is 37.7 Å². The summed E-state index contributed by atoms with van der Waals surface area (Å²) in [5.74, 6) is -0.529. The molecule has 0 N–H and O–H groups in total. The average Bonchev–Trinajstić information content (AvgIpc) is 2.73. The third kappa shape index (κ3) is 2.96. The fourth-order valence-corrected chi connectivity index (χ4v) is 2.51. The minimum atomic E-state index is -0.478. The molecule has 0 saturated carbocycles. The van der Waals surface area contributed by atoms with Gasteiger partial charge in [0, 0.05) is 13.0 Å². The van der Waals surface area contributed by atoms with Crippen molar-refractivity contribution in [2.24, 2.45) is 11.3 Å². The van der Waals surface area contributed by atoms with E-state index >= 15 is 0 Å².